The smallest absolute Gasteiger partial charge is 0.245 e. The summed E-state index contributed by atoms with van der Waals surface area (Å²) in [5, 5.41) is 8.29. The third-order valence-corrected chi connectivity index (χ3v) is 5.63. The summed E-state index contributed by atoms with van der Waals surface area (Å²) in [5.41, 5.74) is 3.55. The molecule has 1 N–H and O–H groups in total. The van der Waals surface area contributed by atoms with E-state index in [-0.39, 0.29) is 5.82 Å². The van der Waals surface area contributed by atoms with Gasteiger partial charge in [0.05, 0.1) is 43.4 Å². The molecule has 1 fully saturated rings. The minimum absolute atomic E-state index is 0.303. The quantitative estimate of drug-likeness (QED) is 0.469. The van der Waals surface area contributed by atoms with Crippen molar-refractivity contribution in [3.63, 3.8) is 0 Å². The third-order valence-electron chi connectivity index (χ3n) is 5.39. The molecular formula is C23H21ClFN5O2. The number of methoxy groups -OCH3 is 1. The van der Waals surface area contributed by atoms with Crippen LogP contribution in [0.4, 0.5) is 21.7 Å². The molecule has 4 aromatic rings. The number of halogens is 2. The van der Waals surface area contributed by atoms with Crippen molar-refractivity contribution in [2.75, 3.05) is 43.6 Å². The minimum Gasteiger partial charge on any atom is -0.496 e. The number of morpholine rings is 1. The van der Waals surface area contributed by atoms with E-state index < -0.39 is 0 Å². The first-order valence-corrected chi connectivity index (χ1v) is 10.6. The van der Waals surface area contributed by atoms with Crippen molar-refractivity contribution >= 4 is 34.4 Å². The molecule has 1 aliphatic heterocycles. The number of nitrogens with one attached hydrogen (secondary N) is 1. The highest BCUT2D eigenvalue weighted by Crippen LogP contribution is 2.33. The Labute approximate surface area is 189 Å². The van der Waals surface area contributed by atoms with Crippen LogP contribution < -0.4 is 15.0 Å². The second-order valence-electron chi connectivity index (χ2n) is 7.37. The van der Waals surface area contributed by atoms with E-state index in [1.807, 2.05) is 35.2 Å². The average Bonchev–Trinajstić information content (AvgIpc) is 3.23. The van der Waals surface area contributed by atoms with Gasteiger partial charge in [0.1, 0.15) is 11.6 Å². The maximum atomic E-state index is 14.8. The Bertz CT molecular complexity index is 1270. The number of aromatic nitrogens is 3. The van der Waals surface area contributed by atoms with Gasteiger partial charge < -0.3 is 19.7 Å². The Kier molecular flexibility index (Phi) is 5.55. The van der Waals surface area contributed by atoms with Crippen molar-refractivity contribution in [3.05, 3.63) is 65.6 Å². The monoisotopic (exact) mass is 453 g/mol. The molecule has 0 atom stereocenters. The third kappa shape index (κ3) is 3.94. The molecule has 0 spiro atoms. The highest BCUT2D eigenvalue weighted by molar-refractivity contribution is 6.31. The lowest BCUT2D eigenvalue weighted by molar-refractivity contribution is 0.122. The van der Waals surface area contributed by atoms with E-state index in [0.717, 1.165) is 16.8 Å². The Morgan fingerprint density at radius 2 is 1.94 bits per heavy atom. The topological polar surface area (TPSA) is 63.9 Å². The van der Waals surface area contributed by atoms with Crippen LogP contribution in [0.15, 0.2) is 54.7 Å². The maximum Gasteiger partial charge on any atom is 0.245 e. The molecule has 2 aromatic carbocycles. The van der Waals surface area contributed by atoms with E-state index in [2.05, 4.69) is 15.4 Å². The first kappa shape index (κ1) is 20.5. The highest BCUT2D eigenvalue weighted by Gasteiger charge is 2.16. The van der Waals surface area contributed by atoms with E-state index in [1.54, 1.807) is 30.0 Å². The summed E-state index contributed by atoms with van der Waals surface area (Å²) >= 11 is 6.21. The van der Waals surface area contributed by atoms with Crippen LogP contribution in [0.2, 0.25) is 5.02 Å². The van der Waals surface area contributed by atoms with Gasteiger partial charge in [0.2, 0.25) is 5.95 Å². The molecule has 3 heterocycles. The van der Waals surface area contributed by atoms with Crippen LogP contribution in [-0.2, 0) is 4.74 Å². The molecule has 1 aliphatic rings. The molecule has 0 bridgehead atoms. The molecule has 9 heteroatoms. The Morgan fingerprint density at radius 3 is 2.72 bits per heavy atom. The molecule has 5 rings (SSSR count). The summed E-state index contributed by atoms with van der Waals surface area (Å²) in [6.45, 7) is 2.55. The molecule has 0 amide bonds. The fraction of sp³-hybridized carbons (Fsp3) is 0.217. The molecule has 1 saturated heterocycles. The van der Waals surface area contributed by atoms with Crippen LogP contribution in [0.5, 0.6) is 5.75 Å². The van der Waals surface area contributed by atoms with Gasteiger partial charge in [-0.1, -0.05) is 11.6 Å². The highest BCUT2D eigenvalue weighted by atomic mass is 35.5. The zero-order valence-electron chi connectivity index (χ0n) is 17.4. The minimum atomic E-state index is -0.303. The van der Waals surface area contributed by atoms with Gasteiger partial charge in [-0.25, -0.2) is 13.9 Å². The van der Waals surface area contributed by atoms with Gasteiger partial charge in [-0.05, 0) is 48.5 Å². The van der Waals surface area contributed by atoms with E-state index >= 15 is 0 Å². The second-order valence-corrected chi connectivity index (χ2v) is 7.81. The summed E-state index contributed by atoms with van der Waals surface area (Å²) in [6, 6.07) is 14.3. The number of hydrogen-bond donors (Lipinski definition) is 1. The normalized spacial score (nSPS) is 14.0. The van der Waals surface area contributed by atoms with Crippen LogP contribution in [0.1, 0.15) is 0 Å². The van der Waals surface area contributed by atoms with Gasteiger partial charge in [0, 0.05) is 29.4 Å². The van der Waals surface area contributed by atoms with Gasteiger partial charge in [-0.2, -0.15) is 0 Å². The van der Waals surface area contributed by atoms with Gasteiger partial charge >= 0.3 is 0 Å². The van der Waals surface area contributed by atoms with Crippen molar-refractivity contribution in [1.82, 2.24) is 14.6 Å². The molecule has 0 saturated carbocycles. The van der Waals surface area contributed by atoms with Crippen molar-refractivity contribution in [1.29, 1.82) is 0 Å². The molecular weight excluding hydrogens is 433 g/mol. The number of benzene rings is 2. The van der Waals surface area contributed by atoms with Gasteiger partial charge in [0.15, 0.2) is 0 Å². The van der Waals surface area contributed by atoms with Crippen LogP contribution in [0.3, 0.4) is 0 Å². The van der Waals surface area contributed by atoms with Crippen molar-refractivity contribution in [2.45, 2.75) is 0 Å². The predicted octanol–water partition coefficient (Wildman–Crippen LogP) is 4.78. The van der Waals surface area contributed by atoms with Crippen molar-refractivity contribution < 1.29 is 13.9 Å². The molecule has 0 unspecified atom stereocenters. The first-order valence-electron chi connectivity index (χ1n) is 10.2. The summed E-state index contributed by atoms with van der Waals surface area (Å²) < 4.78 is 27.3. The predicted molar refractivity (Wildman–Crippen MR) is 123 cm³/mol. The maximum absolute atomic E-state index is 14.8. The fourth-order valence-corrected chi connectivity index (χ4v) is 3.99. The number of rotatable bonds is 5. The molecule has 0 radical (unpaired) electrons. The summed E-state index contributed by atoms with van der Waals surface area (Å²) in [5.74, 6) is 0.723. The van der Waals surface area contributed by atoms with Crippen LogP contribution in [-0.4, -0.2) is 48.0 Å². The average molecular weight is 454 g/mol. The van der Waals surface area contributed by atoms with E-state index in [9.17, 15) is 4.39 Å². The van der Waals surface area contributed by atoms with Gasteiger partial charge in [-0.15, -0.1) is 5.10 Å². The Balaban J connectivity index is 1.45. The zero-order valence-corrected chi connectivity index (χ0v) is 18.1. The SMILES string of the molecule is COc1ccc(Cl)cc1-c1ccc2cnc(Nc3ccc(N4CCOCC4)c(F)c3)nn12. The lowest BCUT2D eigenvalue weighted by Gasteiger charge is -2.29. The first-order chi connectivity index (χ1) is 15.6. The Hall–Kier alpha value is -3.36. The van der Waals surface area contributed by atoms with E-state index in [0.29, 0.717) is 54.4 Å². The molecule has 164 valence electrons. The van der Waals surface area contributed by atoms with Crippen molar-refractivity contribution in [3.8, 4) is 17.0 Å². The largest absolute Gasteiger partial charge is 0.496 e. The lowest BCUT2D eigenvalue weighted by atomic mass is 10.1. The van der Waals surface area contributed by atoms with Crippen LogP contribution >= 0.6 is 11.6 Å². The molecule has 0 aliphatic carbocycles. The number of hydrogen-bond acceptors (Lipinski definition) is 6. The second kappa shape index (κ2) is 8.64. The van der Waals surface area contributed by atoms with Crippen LogP contribution in [0, 0.1) is 5.82 Å². The van der Waals surface area contributed by atoms with Crippen molar-refractivity contribution in [2.24, 2.45) is 0 Å². The molecule has 2 aromatic heterocycles. The Morgan fingerprint density at radius 1 is 1.09 bits per heavy atom. The standard InChI is InChI=1S/C23H21ClFN5O2/c1-31-22-7-2-15(24)12-18(22)20-6-4-17-14-26-23(28-30(17)20)27-16-3-5-21(19(25)13-16)29-8-10-32-11-9-29/h2-7,12-14H,8-11H2,1H3,(H,27,28). The fourth-order valence-electron chi connectivity index (χ4n) is 3.82. The lowest BCUT2D eigenvalue weighted by Crippen LogP contribution is -2.36. The molecule has 7 nitrogen and oxygen atoms in total. The number of nitrogens with zero attached hydrogens (tertiary/aromatic N) is 4. The summed E-state index contributed by atoms with van der Waals surface area (Å²) in [4.78, 5) is 6.34. The van der Waals surface area contributed by atoms with Gasteiger partial charge in [0.25, 0.3) is 0 Å². The van der Waals surface area contributed by atoms with E-state index in [4.69, 9.17) is 21.1 Å². The number of fused-ring (bicyclic) bond motifs is 1. The summed E-state index contributed by atoms with van der Waals surface area (Å²) in [7, 11) is 1.61. The van der Waals surface area contributed by atoms with E-state index in [1.165, 1.54) is 6.07 Å². The van der Waals surface area contributed by atoms with Crippen LogP contribution in [0.25, 0.3) is 16.8 Å². The number of anilines is 3. The molecule has 32 heavy (non-hydrogen) atoms. The van der Waals surface area contributed by atoms with Gasteiger partial charge in [-0.3, -0.25) is 0 Å². The zero-order chi connectivity index (χ0) is 22.1. The number of ether oxygens (including phenoxy) is 2. The summed E-state index contributed by atoms with van der Waals surface area (Å²) in [6.07, 6.45) is 1.70.